The minimum absolute atomic E-state index is 0.108. The summed E-state index contributed by atoms with van der Waals surface area (Å²) in [6.45, 7) is 4.58. The molecule has 0 bridgehead atoms. The van der Waals surface area contributed by atoms with Gasteiger partial charge in [0.25, 0.3) is 0 Å². The molecule has 1 aromatic rings. The van der Waals surface area contributed by atoms with E-state index < -0.39 is 0 Å². The number of hydrogen-bond acceptors (Lipinski definition) is 2. The Balaban J connectivity index is 2.22. The van der Waals surface area contributed by atoms with Crippen molar-refractivity contribution in [3.63, 3.8) is 0 Å². The van der Waals surface area contributed by atoms with Crippen LogP contribution in [0.15, 0.2) is 18.2 Å². The van der Waals surface area contributed by atoms with E-state index in [1.54, 1.807) is 0 Å². The van der Waals surface area contributed by atoms with E-state index in [1.165, 1.54) is 5.56 Å². The lowest BCUT2D eigenvalue weighted by Crippen LogP contribution is -2.33. The Morgan fingerprint density at radius 2 is 2.36 bits per heavy atom. The van der Waals surface area contributed by atoms with E-state index in [1.807, 2.05) is 13.0 Å². The van der Waals surface area contributed by atoms with E-state index in [0.717, 1.165) is 30.3 Å². The summed E-state index contributed by atoms with van der Waals surface area (Å²) in [6.07, 6.45) is 0.108. The molecule has 0 amide bonds. The molecule has 3 heteroatoms. The van der Waals surface area contributed by atoms with Crippen molar-refractivity contribution in [3.8, 4) is 0 Å². The first-order chi connectivity index (χ1) is 6.77. The first kappa shape index (κ1) is 9.97. The number of rotatable bonds is 1. The summed E-state index contributed by atoms with van der Waals surface area (Å²) in [5.74, 6) is 0. The van der Waals surface area contributed by atoms with E-state index in [2.05, 4.69) is 17.4 Å². The second-order valence-corrected chi connectivity index (χ2v) is 4.00. The minimum Gasteiger partial charge on any atom is -0.371 e. The van der Waals surface area contributed by atoms with Crippen LogP contribution in [0.25, 0.3) is 0 Å². The molecule has 2 nitrogen and oxygen atoms in total. The summed E-state index contributed by atoms with van der Waals surface area (Å²) in [5.41, 5.74) is 2.27. The van der Waals surface area contributed by atoms with Crippen LogP contribution >= 0.6 is 11.6 Å². The van der Waals surface area contributed by atoms with Gasteiger partial charge >= 0.3 is 0 Å². The highest BCUT2D eigenvalue weighted by Gasteiger charge is 2.17. The summed E-state index contributed by atoms with van der Waals surface area (Å²) in [4.78, 5) is 0. The maximum absolute atomic E-state index is 6.16. The lowest BCUT2D eigenvalue weighted by Gasteiger charge is -2.24. The van der Waals surface area contributed by atoms with Gasteiger partial charge in [-0.25, -0.2) is 0 Å². The van der Waals surface area contributed by atoms with Crippen molar-refractivity contribution in [3.05, 3.63) is 34.3 Å². The molecular weight excluding hydrogens is 198 g/mol. The predicted octanol–water partition coefficient (Wildman–Crippen LogP) is 2.31. The molecule has 1 saturated heterocycles. The molecule has 0 spiro atoms. The van der Waals surface area contributed by atoms with Crippen LogP contribution in [-0.2, 0) is 4.74 Å². The van der Waals surface area contributed by atoms with Crippen molar-refractivity contribution in [2.45, 2.75) is 13.0 Å². The van der Waals surface area contributed by atoms with Gasteiger partial charge in [0.05, 0.1) is 12.7 Å². The molecule has 1 N–H and O–H groups in total. The summed E-state index contributed by atoms with van der Waals surface area (Å²) < 4.78 is 5.64. The van der Waals surface area contributed by atoms with E-state index in [-0.39, 0.29) is 6.10 Å². The van der Waals surface area contributed by atoms with Crippen LogP contribution in [0, 0.1) is 6.92 Å². The zero-order valence-corrected chi connectivity index (χ0v) is 8.97. The average molecular weight is 212 g/mol. The van der Waals surface area contributed by atoms with Crippen LogP contribution in [0.1, 0.15) is 17.2 Å². The van der Waals surface area contributed by atoms with Crippen molar-refractivity contribution < 1.29 is 4.74 Å². The van der Waals surface area contributed by atoms with Gasteiger partial charge in [0.15, 0.2) is 0 Å². The number of aryl methyl sites for hydroxylation is 1. The van der Waals surface area contributed by atoms with Crippen LogP contribution in [-0.4, -0.2) is 19.7 Å². The third-order valence-electron chi connectivity index (χ3n) is 2.43. The van der Waals surface area contributed by atoms with Gasteiger partial charge in [-0.1, -0.05) is 23.7 Å². The minimum atomic E-state index is 0.108. The van der Waals surface area contributed by atoms with Gasteiger partial charge in [-0.3, -0.25) is 0 Å². The molecule has 2 rings (SSSR count). The normalized spacial score (nSPS) is 22.3. The molecule has 14 heavy (non-hydrogen) atoms. The molecule has 76 valence electrons. The second kappa shape index (κ2) is 4.30. The van der Waals surface area contributed by atoms with Crippen LogP contribution in [0.3, 0.4) is 0 Å². The van der Waals surface area contributed by atoms with Crippen LogP contribution in [0.2, 0.25) is 5.02 Å². The molecular formula is C11H14ClNO. The molecule has 1 fully saturated rings. The Morgan fingerprint density at radius 3 is 3.00 bits per heavy atom. The lowest BCUT2D eigenvalue weighted by atomic mass is 10.1. The Hall–Kier alpha value is -0.570. The van der Waals surface area contributed by atoms with Crippen LogP contribution in [0.4, 0.5) is 0 Å². The molecule has 0 aromatic heterocycles. The Morgan fingerprint density at radius 1 is 1.50 bits per heavy atom. The van der Waals surface area contributed by atoms with E-state index >= 15 is 0 Å². The molecule has 0 radical (unpaired) electrons. The molecule has 1 unspecified atom stereocenters. The predicted molar refractivity (Wildman–Crippen MR) is 57.8 cm³/mol. The van der Waals surface area contributed by atoms with E-state index in [0.29, 0.717) is 0 Å². The fourth-order valence-electron chi connectivity index (χ4n) is 1.66. The molecule has 1 heterocycles. The Bertz CT molecular complexity index is 321. The number of halogens is 1. The number of morpholine rings is 1. The van der Waals surface area contributed by atoms with Gasteiger partial charge in [-0.2, -0.15) is 0 Å². The lowest BCUT2D eigenvalue weighted by molar-refractivity contribution is 0.0277. The zero-order valence-electron chi connectivity index (χ0n) is 8.22. The first-order valence-electron chi connectivity index (χ1n) is 4.86. The number of hydrogen-bond donors (Lipinski definition) is 1. The highest BCUT2D eigenvalue weighted by molar-refractivity contribution is 6.31. The third-order valence-corrected chi connectivity index (χ3v) is 2.76. The highest BCUT2D eigenvalue weighted by atomic mass is 35.5. The number of ether oxygens (including phenoxy) is 1. The number of nitrogens with one attached hydrogen (secondary N) is 1. The fourth-order valence-corrected chi connectivity index (χ4v) is 2.02. The Kier molecular flexibility index (Phi) is 3.06. The maximum atomic E-state index is 6.16. The fraction of sp³-hybridized carbons (Fsp3) is 0.455. The Labute approximate surface area is 89.2 Å². The molecule has 0 aliphatic carbocycles. The van der Waals surface area contributed by atoms with E-state index in [4.69, 9.17) is 16.3 Å². The van der Waals surface area contributed by atoms with Gasteiger partial charge in [-0.05, 0) is 18.6 Å². The van der Waals surface area contributed by atoms with Crippen LogP contribution < -0.4 is 5.32 Å². The van der Waals surface area contributed by atoms with Gasteiger partial charge in [0.1, 0.15) is 0 Å². The molecule has 1 atom stereocenters. The number of benzene rings is 1. The quantitative estimate of drug-likeness (QED) is 0.770. The standard InChI is InChI=1S/C11H14ClNO/c1-8-2-3-9(10(12)6-8)11-7-13-4-5-14-11/h2-3,6,11,13H,4-5,7H2,1H3. The maximum Gasteiger partial charge on any atom is 0.0964 e. The summed E-state index contributed by atoms with van der Waals surface area (Å²) >= 11 is 6.16. The smallest absolute Gasteiger partial charge is 0.0964 e. The van der Waals surface area contributed by atoms with Gasteiger partial charge < -0.3 is 10.1 Å². The highest BCUT2D eigenvalue weighted by Crippen LogP contribution is 2.27. The molecule has 1 aliphatic rings. The van der Waals surface area contributed by atoms with E-state index in [9.17, 15) is 0 Å². The molecule has 1 aromatic carbocycles. The topological polar surface area (TPSA) is 21.3 Å². The zero-order chi connectivity index (χ0) is 9.97. The summed E-state index contributed by atoms with van der Waals surface area (Å²) in [6, 6.07) is 6.10. The van der Waals surface area contributed by atoms with Crippen molar-refractivity contribution in [1.82, 2.24) is 5.32 Å². The molecule has 0 saturated carbocycles. The summed E-state index contributed by atoms with van der Waals surface area (Å²) in [5, 5.41) is 4.10. The summed E-state index contributed by atoms with van der Waals surface area (Å²) in [7, 11) is 0. The van der Waals surface area contributed by atoms with Crippen molar-refractivity contribution in [1.29, 1.82) is 0 Å². The van der Waals surface area contributed by atoms with Crippen molar-refractivity contribution in [2.24, 2.45) is 0 Å². The first-order valence-corrected chi connectivity index (χ1v) is 5.23. The van der Waals surface area contributed by atoms with Crippen molar-refractivity contribution in [2.75, 3.05) is 19.7 Å². The largest absolute Gasteiger partial charge is 0.371 e. The third kappa shape index (κ3) is 2.08. The van der Waals surface area contributed by atoms with Crippen molar-refractivity contribution >= 4 is 11.6 Å². The van der Waals surface area contributed by atoms with Gasteiger partial charge in [-0.15, -0.1) is 0 Å². The molecule has 1 aliphatic heterocycles. The van der Waals surface area contributed by atoms with Gasteiger partial charge in [0, 0.05) is 23.7 Å². The second-order valence-electron chi connectivity index (χ2n) is 3.59. The van der Waals surface area contributed by atoms with Crippen LogP contribution in [0.5, 0.6) is 0 Å². The average Bonchev–Trinajstić information content (AvgIpc) is 2.19. The SMILES string of the molecule is Cc1ccc(C2CNCCO2)c(Cl)c1. The van der Waals surface area contributed by atoms with Gasteiger partial charge in [0.2, 0.25) is 0 Å². The monoisotopic (exact) mass is 211 g/mol.